The Labute approximate surface area is 126 Å². The van der Waals surface area contributed by atoms with E-state index in [4.69, 9.17) is 11.6 Å². The zero-order valence-electron chi connectivity index (χ0n) is 11.5. The van der Waals surface area contributed by atoms with Gasteiger partial charge in [0.15, 0.2) is 5.65 Å². The fraction of sp³-hybridized carbons (Fsp3) is 0.357. The lowest BCUT2D eigenvalue weighted by atomic mass is 10.3. The molecule has 0 saturated carbocycles. The maximum atomic E-state index is 6.29. The molecule has 20 heavy (non-hydrogen) atoms. The van der Waals surface area contributed by atoms with E-state index in [1.807, 2.05) is 26.0 Å². The lowest BCUT2D eigenvalue weighted by Gasteiger charge is -2.15. The molecule has 3 aromatic rings. The lowest BCUT2D eigenvalue weighted by Crippen LogP contribution is -2.11. The summed E-state index contributed by atoms with van der Waals surface area (Å²) in [4.78, 5) is 13.6. The average molecular weight is 307 g/mol. The maximum absolute atomic E-state index is 6.29. The summed E-state index contributed by atoms with van der Waals surface area (Å²) in [7, 11) is 0. The van der Waals surface area contributed by atoms with E-state index in [0.717, 1.165) is 27.7 Å². The molecule has 2 unspecified atom stereocenters. The van der Waals surface area contributed by atoms with E-state index in [2.05, 4.69) is 31.8 Å². The zero-order valence-corrected chi connectivity index (χ0v) is 13.1. The van der Waals surface area contributed by atoms with Gasteiger partial charge in [-0.05, 0) is 32.9 Å². The third-order valence-corrected chi connectivity index (χ3v) is 4.54. The summed E-state index contributed by atoms with van der Waals surface area (Å²) in [5, 5.41) is 2.93. The summed E-state index contributed by atoms with van der Waals surface area (Å²) < 4.78 is 2.09. The summed E-state index contributed by atoms with van der Waals surface area (Å²) in [5.41, 5.74) is 2.76. The summed E-state index contributed by atoms with van der Waals surface area (Å²) in [6, 6.07) is 3.92. The Hall–Kier alpha value is -1.46. The number of rotatable bonds is 3. The Morgan fingerprint density at radius 2 is 2.10 bits per heavy atom. The Balaban J connectivity index is 2.20. The summed E-state index contributed by atoms with van der Waals surface area (Å²) in [6.07, 6.45) is 1.78. The second-order valence-electron chi connectivity index (χ2n) is 4.81. The third kappa shape index (κ3) is 2.21. The molecule has 0 aliphatic rings. The van der Waals surface area contributed by atoms with E-state index >= 15 is 0 Å². The van der Waals surface area contributed by atoms with Gasteiger partial charge in [0, 0.05) is 17.3 Å². The van der Waals surface area contributed by atoms with Crippen LogP contribution in [0.4, 0.5) is 0 Å². The van der Waals surface area contributed by atoms with Crippen molar-refractivity contribution in [3.63, 3.8) is 0 Å². The van der Waals surface area contributed by atoms with Crippen molar-refractivity contribution in [1.82, 2.24) is 19.5 Å². The van der Waals surface area contributed by atoms with Crippen molar-refractivity contribution in [2.24, 2.45) is 0 Å². The second kappa shape index (κ2) is 5.14. The minimum atomic E-state index is -0.173. The zero-order chi connectivity index (χ0) is 14.3. The Kier molecular flexibility index (Phi) is 3.48. The van der Waals surface area contributed by atoms with Crippen LogP contribution in [0.25, 0.3) is 11.2 Å². The van der Waals surface area contributed by atoms with Gasteiger partial charge in [0.2, 0.25) is 0 Å². The number of aryl methyl sites for hydroxylation is 1. The number of alkyl halides is 1. The van der Waals surface area contributed by atoms with Crippen molar-refractivity contribution >= 4 is 34.1 Å². The smallest absolute Gasteiger partial charge is 0.160 e. The van der Waals surface area contributed by atoms with Crippen molar-refractivity contribution in [2.45, 2.75) is 32.2 Å². The van der Waals surface area contributed by atoms with Crippen molar-refractivity contribution < 1.29 is 0 Å². The van der Waals surface area contributed by atoms with Gasteiger partial charge in [-0.3, -0.25) is 0 Å². The predicted molar refractivity (Wildman–Crippen MR) is 82.5 cm³/mol. The average Bonchev–Trinajstić information content (AvgIpc) is 3.01. The first kappa shape index (κ1) is 13.5. The highest BCUT2D eigenvalue weighted by molar-refractivity contribution is 7.09. The first-order valence-electron chi connectivity index (χ1n) is 6.47. The van der Waals surface area contributed by atoms with Crippen LogP contribution in [0.2, 0.25) is 0 Å². The van der Waals surface area contributed by atoms with Crippen molar-refractivity contribution in [1.29, 1.82) is 0 Å². The molecule has 0 aromatic carbocycles. The number of hydrogen-bond acceptors (Lipinski definition) is 4. The Morgan fingerprint density at radius 3 is 2.75 bits per heavy atom. The number of nitrogens with zero attached hydrogens (tertiary/aromatic N) is 4. The molecule has 4 nitrogen and oxygen atoms in total. The van der Waals surface area contributed by atoms with E-state index in [0.29, 0.717) is 0 Å². The highest BCUT2D eigenvalue weighted by atomic mass is 35.5. The van der Waals surface area contributed by atoms with Crippen LogP contribution >= 0.6 is 22.9 Å². The molecule has 0 saturated heterocycles. The highest BCUT2D eigenvalue weighted by Gasteiger charge is 2.22. The molecule has 0 aliphatic carbocycles. The normalized spacial score (nSPS) is 14.6. The predicted octanol–water partition coefficient (Wildman–Crippen LogP) is 4.11. The summed E-state index contributed by atoms with van der Waals surface area (Å²) in [6.45, 7) is 6.04. The fourth-order valence-electron chi connectivity index (χ4n) is 2.28. The summed E-state index contributed by atoms with van der Waals surface area (Å²) >= 11 is 7.94. The van der Waals surface area contributed by atoms with Crippen LogP contribution in [0.15, 0.2) is 23.7 Å². The first-order valence-corrected chi connectivity index (χ1v) is 7.78. The van der Waals surface area contributed by atoms with Gasteiger partial charge in [0.05, 0.1) is 11.4 Å². The van der Waals surface area contributed by atoms with E-state index in [1.165, 1.54) is 0 Å². The molecular formula is C14H15ClN4S. The SMILES string of the molecule is Cc1csc(C(C)n2c(C(C)Cl)nc3cccnc32)n1. The highest BCUT2D eigenvalue weighted by Crippen LogP contribution is 2.31. The standard InChI is InChI=1S/C14H15ClN4S/c1-8-7-20-14(17-8)10(3)19-12(9(2)15)18-11-5-4-6-16-13(11)19/h4-7,9-10H,1-3H3. The van der Waals surface area contributed by atoms with E-state index in [1.54, 1.807) is 17.5 Å². The van der Waals surface area contributed by atoms with Crippen LogP contribution in [0.5, 0.6) is 0 Å². The molecule has 3 aromatic heterocycles. The third-order valence-electron chi connectivity index (χ3n) is 3.21. The molecule has 104 valence electrons. The number of hydrogen-bond donors (Lipinski definition) is 0. The number of aromatic nitrogens is 4. The second-order valence-corrected chi connectivity index (χ2v) is 6.35. The molecule has 0 radical (unpaired) electrons. The molecule has 0 bridgehead atoms. The van der Waals surface area contributed by atoms with E-state index in [9.17, 15) is 0 Å². The molecule has 3 heterocycles. The molecule has 6 heteroatoms. The van der Waals surface area contributed by atoms with Crippen LogP contribution in [0.1, 0.15) is 41.8 Å². The van der Waals surface area contributed by atoms with Gasteiger partial charge in [-0.15, -0.1) is 22.9 Å². The van der Waals surface area contributed by atoms with Crippen molar-refractivity contribution in [3.05, 3.63) is 40.2 Å². The van der Waals surface area contributed by atoms with Gasteiger partial charge in [-0.1, -0.05) is 0 Å². The van der Waals surface area contributed by atoms with Crippen LogP contribution in [-0.4, -0.2) is 19.5 Å². The van der Waals surface area contributed by atoms with Crippen molar-refractivity contribution in [2.75, 3.05) is 0 Å². The van der Waals surface area contributed by atoms with Gasteiger partial charge in [-0.25, -0.2) is 15.0 Å². The van der Waals surface area contributed by atoms with Gasteiger partial charge >= 0.3 is 0 Å². The molecule has 0 spiro atoms. The van der Waals surface area contributed by atoms with Gasteiger partial charge in [0.25, 0.3) is 0 Å². The van der Waals surface area contributed by atoms with Crippen LogP contribution in [0.3, 0.4) is 0 Å². The number of imidazole rings is 1. The molecule has 3 rings (SSSR count). The van der Waals surface area contributed by atoms with Crippen LogP contribution in [-0.2, 0) is 0 Å². The van der Waals surface area contributed by atoms with Gasteiger partial charge < -0.3 is 4.57 Å². The minimum absolute atomic E-state index is 0.0739. The quantitative estimate of drug-likeness (QED) is 0.684. The van der Waals surface area contributed by atoms with Gasteiger partial charge in [0.1, 0.15) is 16.3 Å². The lowest BCUT2D eigenvalue weighted by molar-refractivity contribution is 0.609. The molecular weight excluding hydrogens is 292 g/mol. The molecule has 0 amide bonds. The monoisotopic (exact) mass is 306 g/mol. The number of pyridine rings is 1. The molecule has 0 fully saturated rings. The van der Waals surface area contributed by atoms with Crippen LogP contribution in [0, 0.1) is 6.92 Å². The largest absolute Gasteiger partial charge is 0.302 e. The number of halogens is 1. The maximum Gasteiger partial charge on any atom is 0.160 e. The summed E-state index contributed by atoms with van der Waals surface area (Å²) in [5.74, 6) is 0.834. The molecule has 0 N–H and O–H groups in total. The van der Waals surface area contributed by atoms with E-state index in [-0.39, 0.29) is 11.4 Å². The molecule has 0 aliphatic heterocycles. The number of thiazole rings is 1. The van der Waals surface area contributed by atoms with Crippen molar-refractivity contribution in [3.8, 4) is 0 Å². The minimum Gasteiger partial charge on any atom is -0.302 e. The Bertz CT molecular complexity index is 747. The Morgan fingerprint density at radius 1 is 1.30 bits per heavy atom. The van der Waals surface area contributed by atoms with E-state index < -0.39 is 0 Å². The number of fused-ring (bicyclic) bond motifs is 1. The topological polar surface area (TPSA) is 43.6 Å². The van der Waals surface area contributed by atoms with Gasteiger partial charge in [-0.2, -0.15) is 0 Å². The fourth-order valence-corrected chi connectivity index (χ4v) is 3.28. The first-order chi connectivity index (χ1) is 9.58. The molecule has 2 atom stereocenters. The van der Waals surface area contributed by atoms with Crippen LogP contribution < -0.4 is 0 Å².